The monoisotopic (exact) mass is 663 g/mol. The van der Waals surface area contributed by atoms with Crippen LogP contribution in [0.25, 0.3) is 0 Å². The van der Waals surface area contributed by atoms with E-state index in [1.54, 1.807) is 18.2 Å². The highest BCUT2D eigenvalue weighted by molar-refractivity contribution is 7.17. The lowest BCUT2D eigenvalue weighted by molar-refractivity contribution is -0.120. The van der Waals surface area contributed by atoms with Crippen molar-refractivity contribution in [3.05, 3.63) is 81.3 Å². The van der Waals surface area contributed by atoms with Gasteiger partial charge in [-0.2, -0.15) is 0 Å². The number of thiazole rings is 1. The molecule has 2 aromatic carbocycles. The van der Waals surface area contributed by atoms with Gasteiger partial charge in [-0.25, -0.2) is 24.1 Å². The van der Waals surface area contributed by atoms with E-state index in [9.17, 15) is 14.4 Å². The van der Waals surface area contributed by atoms with Gasteiger partial charge in [0.25, 0.3) is 5.91 Å². The third-order valence-corrected chi connectivity index (χ3v) is 8.97. The average Bonchev–Trinajstić information content (AvgIpc) is 3.49. The van der Waals surface area contributed by atoms with Crippen LogP contribution in [0.2, 0.25) is 5.02 Å². The number of carbonyl (C=O) groups excluding carboxylic acids is 3. The molecule has 2 aliphatic rings. The van der Waals surface area contributed by atoms with Gasteiger partial charge in [-0.15, -0.1) is 0 Å². The second-order valence-electron chi connectivity index (χ2n) is 11.0. The van der Waals surface area contributed by atoms with Crippen molar-refractivity contribution in [2.75, 3.05) is 53.2 Å². The Morgan fingerprint density at radius 3 is 2.61 bits per heavy atom. The molecule has 12 nitrogen and oxygen atoms in total. The van der Waals surface area contributed by atoms with Gasteiger partial charge in [-0.1, -0.05) is 41.1 Å². The summed E-state index contributed by atoms with van der Waals surface area (Å²) in [7, 11) is 0. The van der Waals surface area contributed by atoms with Crippen LogP contribution in [0, 0.1) is 19.7 Å². The zero-order chi connectivity index (χ0) is 32.4. The second-order valence-corrected chi connectivity index (χ2v) is 12.4. The number of piperazine rings is 1. The van der Waals surface area contributed by atoms with Crippen LogP contribution in [-0.2, 0) is 11.3 Å². The van der Waals surface area contributed by atoms with Crippen LogP contribution in [-0.4, -0.2) is 70.4 Å². The van der Waals surface area contributed by atoms with Crippen LogP contribution in [0.1, 0.15) is 33.0 Å². The first-order valence-corrected chi connectivity index (χ1v) is 15.8. The Labute approximate surface area is 273 Å². The van der Waals surface area contributed by atoms with Crippen molar-refractivity contribution < 1.29 is 18.8 Å². The number of rotatable bonds is 8. The highest BCUT2D eigenvalue weighted by atomic mass is 35.5. The van der Waals surface area contributed by atoms with Crippen molar-refractivity contribution in [2.24, 2.45) is 0 Å². The minimum atomic E-state index is -0.540. The molecule has 2 saturated heterocycles. The number of imide groups is 1. The van der Waals surface area contributed by atoms with E-state index in [4.69, 9.17) is 11.6 Å². The lowest BCUT2D eigenvalue weighted by Crippen LogP contribution is -2.49. The highest BCUT2D eigenvalue weighted by Crippen LogP contribution is 2.29. The summed E-state index contributed by atoms with van der Waals surface area (Å²) in [4.78, 5) is 56.0. The van der Waals surface area contributed by atoms with Gasteiger partial charge in [0.2, 0.25) is 5.91 Å². The number of benzene rings is 2. The van der Waals surface area contributed by atoms with Gasteiger partial charge < -0.3 is 15.5 Å². The standard InChI is InChI=1S/C31H31ClFN9O3S/c1-18-4-3-5-22(32)28(18)39-29(44)24-16-34-30(46-24)37-25-15-26(36-19(2)35-25)41-12-10-40(11-13-41)17-20-6-7-21(14-23(20)33)42-9-8-27(43)38-31(42)45/h3-7,14-16H,8-13,17H2,1-2H3,(H,39,44)(H,38,43,45)(H,34,35,36,37). The zero-order valence-corrected chi connectivity index (χ0v) is 26.7. The van der Waals surface area contributed by atoms with E-state index in [1.807, 2.05) is 32.0 Å². The normalized spacial score (nSPS) is 15.6. The SMILES string of the molecule is Cc1nc(Nc2ncc(C(=O)Nc3c(C)cccc3Cl)s2)cc(N2CCN(Cc3ccc(N4CCC(=O)NC4=O)cc3F)CC2)n1. The first-order valence-electron chi connectivity index (χ1n) is 14.6. The van der Waals surface area contributed by atoms with Crippen molar-refractivity contribution in [1.29, 1.82) is 0 Å². The minimum absolute atomic E-state index is 0.179. The molecule has 0 atom stereocenters. The van der Waals surface area contributed by atoms with Crippen molar-refractivity contribution in [2.45, 2.75) is 26.8 Å². The fraction of sp³-hybridized carbons (Fsp3) is 0.290. The number of para-hydroxylation sites is 1. The number of nitrogens with one attached hydrogen (secondary N) is 3. The van der Waals surface area contributed by atoms with Crippen LogP contribution < -0.4 is 25.8 Å². The summed E-state index contributed by atoms with van der Waals surface area (Å²) in [5.74, 6) is 0.868. The summed E-state index contributed by atoms with van der Waals surface area (Å²) in [6, 6.07) is 11.5. The van der Waals surface area contributed by atoms with Gasteiger partial charge in [-0.3, -0.25) is 24.7 Å². The molecule has 46 heavy (non-hydrogen) atoms. The summed E-state index contributed by atoms with van der Waals surface area (Å²) >= 11 is 7.46. The van der Waals surface area contributed by atoms with Gasteiger partial charge in [-0.05, 0) is 37.6 Å². The van der Waals surface area contributed by atoms with Gasteiger partial charge in [0.1, 0.15) is 28.2 Å². The minimum Gasteiger partial charge on any atom is -0.354 e. The lowest BCUT2D eigenvalue weighted by Gasteiger charge is -2.35. The van der Waals surface area contributed by atoms with Crippen LogP contribution >= 0.6 is 22.9 Å². The number of hydrogen-bond donors (Lipinski definition) is 3. The van der Waals surface area contributed by atoms with Crippen LogP contribution in [0.15, 0.2) is 48.7 Å². The third-order valence-electron chi connectivity index (χ3n) is 7.74. The number of hydrogen-bond acceptors (Lipinski definition) is 10. The largest absolute Gasteiger partial charge is 0.354 e. The summed E-state index contributed by atoms with van der Waals surface area (Å²) in [5.41, 5.74) is 2.39. The number of aryl methyl sites for hydroxylation is 2. The smallest absolute Gasteiger partial charge is 0.328 e. The van der Waals surface area contributed by atoms with Crippen LogP contribution in [0.4, 0.5) is 37.3 Å². The number of halogens is 2. The fourth-order valence-corrected chi connectivity index (χ4v) is 6.30. The van der Waals surface area contributed by atoms with Gasteiger partial charge in [0.15, 0.2) is 5.13 Å². The molecule has 0 saturated carbocycles. The first kappa shape index (κ1) is 31.3. The molecule has 4 heterocycles. The molecule has 2 fully saturated rings. The van der Waals surface area contributed by atoms with Gasteiger partial charge >= 0.3 is 6.03 Å². The number of nitrogens with zero attached hydrogens (tertiary/aromatic N) is 6. The van der Waals surface area contributed by atoms with Crippen molar-refractivity contribution in [1.82, 2.24) is 25.2 Å². The Bertz CT molecular complexity index is 1790. The Kier molecular flexibility index (Phi) is 9.10. The van der Waals surface area contributed by atoms with E-state index < -0.39 is 11.8 Å². The number of urea groups is 1. The maximum Gasteiger partial charge on any atom is 0.328 e. The zero-order valence-electron chi connectivity index (χ0n) is 25.1. The average molecular weight is 664 g/mol. The molecule has 4 amide bonds. The quantitative estimate of drug-likeness (QED) is 0.235. The van der Waals surface area contributed by atoms with Gasteiger partial charge in [0.05, 0.1) is 16.9 Å². The highest BCUT2D eigenvalue weighted by Gasteiger charge is 2.26. The molecule has 0 aliphatic carbocycles. The Morgan fingerprint density at radius 2 is 1.87 bits per heavy atom. The topological polar surface area (TPSA) is 136 Å². The summed E-state index contributed by atoms with van der Waals surface area (Å²) < 4.78 is 15.0. The van der Waals surface area contributed by atoms with Crippen molar-refractivity contribution in [3.8, 4) is 0 Å². The fourth-order valence-electron chi connectivity index (χ4n) is 5.31. The van der Waals surface area contributed by atoms with E-state index in [0.29, 0.717) is 76.3 Å². The van der Waals surface area contributed by atoms with E-state index in [-0.39, 0.29) is 24.8 Å². The predicted molar refractivity (Wildman–Crippen MR) is 176 cm³/mol. The molecule has 2 aliphatic heterocycles. The molecule has 0 spiro atoms. The molecule has 0 radical (unpaired) electrons. The van der Waals surface area contributed by atoms with Gasteiger partial charge in [0, 0.05) is 63.0 Å². The van der Waals surface area contributed by atoms with E-state index in [1.165, 1.54) is 28.5 Å². The molecular formula is C31H31ClFN9O3S. The molecule has 0 bridgehead atoms. The molecule has 3 N–H and O–H groups in total. The summed E-state index contributed by atoms with van der Waals surface area (Å²) in [5, 5.41) is 9.29. The van der Waals surface area contributed by atoms with E-state index in [0.717, 1.165) is 11.4 Å². The second kappa shape index (κ2) is 13.4. The molecule has 2 aromatic heterocycles. The van der Waals surface area contributed by atoms with E-state index in [2.05, 4.69) is 40.7 Å². The molecule has 15 heteroatoms. The van der Waals surface area contributed by atoms with Crippen LogP contribution in [0.5, 0.6) is 0 Å². The Morgan fingerprint density at radius 1 is 1.07 bits per heavy atom. The summed E-state index contributed by atoms with van der Waals surface area (Å²) in [6.45, 7) is 7.09. The first-order chi connectivity index (χ1) is 22.1. The number of aromatic nitrogens is 3. The van der Waals surface area contributed by atoms with E-state index >= 15 is 4.39 Å². The molecule has 6 rings (SSSR count). The van der Waals surface area contributed by atoms with Crippen LogP contribution in [0.3, 0.4) is 0 Å². The molecule has 4 aromatic rings. The molecule has 0 unspecified atom stereocenters. The Balaban J connectivity index is 1.05. The molecule has 238 valence electrons. The third kappa shape index (κ3) is 7.09. The van der Waals surface area contributed by atoms with Crippen molar-refractivity contribution >= 4 is 68.9 Å². The number of amides is 4. The molecular weight excluding hydrogens is 633 g/mol. The number of anilines is 5. The Hall–Kier alpha value is -4.66. The maximum absolute atomic E-state index is 15.0. The predicted octanol–water partition coefficient (Wildman–Crippen LogP) is 5.11. The lowest BCUT2D eigenvalue weighted by atomic mass is 10.1. The van der Waals surface area contributed by atoms with Crippen molar-refractivity contribution in [3.63, 3.8) is 0 Å². The summed E-state index contributed by atoms with van der Waals surface area (Å²) in [6.07, 6.45) is 1.68. The maximum atomic E-state index is 15.0. The number of carbonyl (C=O) groups is 3.